The third kappa shape index (κ3) is 5.25. The Kier molecular flexibility index (Phi) is 4.92. The van der Waals surface area contributed by atoms with Gasteiger partial charge in [0.05, 0.1) is 11.9 Å². The SMILES string of the molecule is CC(OCCCS(N)(=O)=O)c1ccccc1. The molecule has 1 atom stereocenters. The first-order chi connectivity index (χ1) is 7.49. The smallest absolute Gasteiger partial charge is 0.209 e. The number of primary sulfonamides is 1. The second-order valence-electron chi connectivity index (χ2n) is 3.64. The van der Waals surface area contributed by atoms with Crippen LogP contribution in [0.5, 0.6) is 0 Å². The lowest BCUT2D eigenvalue weighted by Gasteiger charge is -2.12. The third-order valence-corrected chi connectivity index (χ3v) is 3.07. The molecule has 0 aliphatic carbocycles. The zero-order valence-corrected chi connectivity index (χ0v) is 10.1. The number of hydrogen-bond donors (Lipinski definition) is 1. The maximum absolute atomic E-state index is 10.7. The lowest BCUT2D eigenvalue weighted by atomic mass is 10.1. The summed E-state index contributed by atoms with van der Waals surface area (Å²) in [6.45, 7) is 2.33. The predicted octanol–water partition coefficient (Wildman–Crippen LogP) is 1.44. The van der Waals surface area contributed by atoms with Crippen molar-refractivity contribution in [3.05, 3.63) is 35.9 Å². The molecule has 2 N–H and O–H groups in total. The molecule has 5 heteroatoms. The lowest BCUT2D eigenvalue weighted by Crippen LogP contribution is -2.18. The second-order valence-corrected chi connectivity index (χ2v) is 5.38. The average molecular weight is 243 g/mol. The van der Waals surface area contributed by atoms with Gasteiger partial charge in [0.25, 0.3) is 0 Å². The van der Waals surface area contributed by atoms with Gasteiger partial charge in [-0.2, -0.15) is 0 Å². The van der Waals surface area contributed by atoms with Crippen molar-refractivity contribution in [1.82, 2.24) is 0 Å². The molecule has 0 fully saturated rings. The molecular weight excluding hydrogens is 226 g/mol. The maximum Gasteiger partial charge on any atom is 0.209 e. The number of ether oxygens (including phenoxy) is 1. The number of nitrogens with two attached hydrogens (primary N) is 1. The average Bonchev–Trinajstić information content (AvgIpc) is 2.24. The molecule has 0 heterocycles. The molecule has 0 aliphatic rings. The van der Waals surface area contributed by atoms with E-state index in [-0.39, 0.29) is 11.9 Å². The largest absolute Gasteiger partial charge is 0.374 e. The van der Waals surface area contributed by atoms with Crippen LogP contribution in [0.1, 0.15) is 25.0 Å². The van der Waals surface area contributed by atoms with Crippen LogP contribution in [0.25, 0.3) is 0 Å². The molecule has 1 aromatic carbocycles. The van der Waals surface area contributed by atoms with Gasteiger partial charge in [0.1, 0.15) is 0 Å². The minimum Gasteiger partial charge on any atom is -0.374 e. The summed E-state index contributed by atoms with van der Waals surface area (Å²) in [7, 11) is -3.37. The van der Waals surface area contributed by atoms with Crippen molar-refractivity contribution in [3.8, 4) is 0 Å². The van der Waals surface area contributed by atoms with E-state index in [2.05, 4.69) is 0 Å². The van der Waals surface area contributed by atoms with E-state index in [1.807, 2.05) is 37.3 Å². The number of sulfonamides is 1. The number of rotatable bonds is 6. The van der Waals surface area contributed by atoms with E-state index in [0.717, 1.165) is 5.56 Å². The van der Waals surface area contributed by atoms with Crippen molar-refractivity contribution in [2.45, 2.75) is 19.4 Å². The molecule has 0 amide bonds. The van der Waals surface area contributed by atoms with Gasteiger partial charge in [0.15, 0.2) is 0 Å². The Morgan fingerprint density at radius 3 is 2.50 bits per heavy atom. The molecule has 0 saturated carbocycles. The zero-order valence-electron chi connectivity index (χ0n) is 9.30. The quantitative estimate of drug-likeness (QED) is 0.769. The van der Waals surface area contributed by atoms with Crippen LogP contribution in [0.15, 0.2) is 30.3 Å². The minimum atomic E-state index is -3.37. The third-order valence-electron chi connectivity index (χ3n) is 2.21. The molecule has 1 aromatic rings. The Morgan fingerprint density at radius 2 is 1.94 bits per heavy atom. The fraction of sp³-hybridized carbons (Fsp3) is 0.455. The van der Waals surface area contributed by atoms with E-state index in [0.29, 0.717) is 13.0 Å². The first-order valence-electron chi connectivity index (χ1n) is 5.16. The first kappa shape index (κ1) is 13.2. The van der Waals surface area contributed by atoms with Crippen molar-refractivity contribution in [2.24, 2.45) is 5.14 Å². The van der Waals surface area contributed by atoms with E-state index < -0.39 is 10.0 Å². The summed E-state index contributed by atoms with van der Waals surface area (Å²) < 4.78 is 26.8. The van der Waals surface area contributed by atoms with Gasteiger partial charge < -0.3 is 4.74 Å². The second kappa shape index (κ2) is 5.98. The molecule has 0 bridgehead atoms. The molecule has 0 aliphatic heterocycles. The molecule has 90 valence electrons. The molecule has 0 spiro atoms. The van der Waals surface area contributed by atoms with Crippen molar-refractivity contribution in [1.29, 1.82) is 0 Å². The number of benzene rings is 1. The maximum atomic E-state index is 10.7. The Morgan fingerprint density at radius 1 is 1.31 bits per heavy atom. The number of hydrogen-bond acceptors (Lipinski definition) is 3. The van der Waals surface area contributed by atoms with E-state index >= 15 is 0 Å². The minimum absolute atomic E-state index is 0.0262. The van der Waals surface area contributed by atoms with Crippen molar-refractivity contribution in [2.75, 3.05) is 12.4 Å². The molecule has 0 radical (unpaired) electrons. The molecule has 4 nitrogen and oxygen atoms in total. The molecule has 16 heavy (non-hydrogen) atoms. The first-order valence-corrected chi connectivity index (χ1v) is 6.87. The van der Waals surface area contributed by atoms with Crippen molar-refractivity contribution < 1.29 is 13.2 Å². The Labute approximate surface area is 96.5 Å². The van der Waals surface area contributed by atoms with Crippen LogP contribution in [-0.4, -0.2) is 20.8 Å². The highest BCUT2D eigenvalue weighted by molar-refractivity contribution is 7.89. The van der Waals surface area contributed by atoms with Crippen LogP contribution in [0, 0.1) is 0 Å². The molecule has 0 aromatic heterocycles. The molecule has 1 rings (SSSR count). The highest BCUT2D eigenvalue weighted by atomic mass is 32.2. The monoisotopic (exact) mass is 243 g/mol. The Hall–Kier alpha value is -0.910. The van der Waals surface area contributed by atoms with Gasteiger partial charge in [-0.05, 0) is 18.9 Å². The van der Waals surface area contributed by atoms with Gasteiger partial charge in [0, 0.05) is 6.61 Å². The van der Waals surface area contributed by atoms with Gasteiger partial charge in [-0.15, -0.1) is 0 Å². The normalized spacial score (nSPS) is 13.6. The van der Waals surface area contributed by atoms with E-state index in [1.54, 1.807) is 0 Å². The van der Waals surface area contributed by atoms with Crippen LogP contribution in [0.4, 0.5) is 0 Å². The van der Waals surface area contributed by atoms with E-state index in [4.69, 9.17) is 9.88 Å². The van der Waals surface area contributed by atoms with Gasteiger partial charge in [0.2, 0.25) is 10.0 Å². The van der Waals surface area contributed by atoms with Crippen LogP contribution < -0.4 is 5.14 Å². The fourth-order valence-electron chi connectivity index (χ4n) is 1.34. The summed E-state index contributed by atoms with van der Waals surface area (Å²) in [5.41, 5.74) is 1.08. The summed E-state index contributed by atoms with van der Waals surface area (Å²) in [4.78, 5) is 0. The van der Waals surface area contributed by atoms with Crippen LogP contribution in [0.3, 0.4) is 0 Å². The summed E-state index contributed by atoms with van der Waals surface area (Å²) >= 11 is 0. The van der Waals surface area contributed by atoms with E-state index in [9.17, 15) is 8.42 Å². The highest BCUT2D eigenvalue weighted by Crippen LogP contribution is 2.15. The zero-order chi connectivity index (χ0) is 12.0. The van der Waals surface area contributed by atoms with Gasteiger partial charge in [-0.25, -0.2) is 13.6 Å². The summed E-state index contributed by atoms with van der Waals surface area (Å²) in [5.74, 6) is -0.0332. The Balaban J connectivity index is 2.29. The highest BCUT2D eigenvalue weighted by Gasteiger charge is 2.06. The Bertz CT molecular complexity index is 402. The van der Waals surface area contributed by atoms with Crippen LogP contribution >= 0.6 is 0 Å². The predicted molar refractivity (Wildman–Crippen MR) is 63.4 cm³/mol. The molecular formula is C11H17NO3S. The molecule has 0 saturated heterocycles. The fourth-order valence-corrected chi connectivity index (χ4v) is 1.86. The van der Waals surface area contributed by atoms with Gasteiger partial charge in [-0.3, -0.25) is 0 Å². The standard InChI is InChI=1S/C11H17NO3S/c1-10(11-6-3-2-4-7-11)15-8-5-9-16(12,13)14/h2-4,6-7,10H,5,8-9H2,1H3,(H2,12,13,14). The van der Waals surface area contributed by atoms with Crippen molar-refractivity contribution in [3.63, 3.8) is 0 Å². The summed E-state index contributed by atoms with van der Waals surface area (Å²) in [6, 6.07) is 9.78. The molecule has 1 unspecified atom stereocenters. The van der Waals surface area contributed by atoms with Gasteiger partial charge in [-0.1, -0.05) is 30.3 Å². The van der Waals surface area contributed by atoms with Crippen LogP contribution in [-0.2, 0) is 14.8 Å². The lowest BCUT2D eigenvalue weighted by molar-refractivity contribution is 0.0666. The van der Waals surface area contributed by atoms with Gasteiger partial charge >= 0.3 is 0 Å². The topological polar surface area (TPSA) is 69.4 Å². The summed E-state index contributed by atoms with van der Waals surface area (Å²) in [5, 5.41) is 4.88. The summed E-state index contributed by atoms with van der Waals surface area (Å²) in [6.07, 6.45) is 0.400. The van der Waals surface area contributed by atoms with Crippen LogP contribution in [0.2, 0.25) is 0 Å². The van der Waals surface area contributed by atoms with Crippen molar-refractivity contribution >= 4 is 10.0 Å². The van der Waals surface area contributed by atoms with E-state index in [1.165, 1.54) is 0 Å².